The summed E-state index contributed by atoms with van der Waals surface area (Å²) in [5.74, 6) is 1.47. The van der Waals surface area contributed by atoms with Crippen molar-refractivity contribution in [2.24, 2.45) is 0 Å². The molecule has 2 aromatic rings. The minimum Gasteiger partial charge on any atom is -0.447 e. The average molecular weight is 230 g/mol. The summed E-state index contributed by atoms with van der Waals surface area (Å²) in [5, 5.41) is 3.35. The molecule has 3 nitrogen and oxygen atoms in total. The maximum Gasteiger partial charge on any atom is 0.180 e. The summed E-state index contributed by atoms with van der Waals surface area (Å²) < 4.78 is 5.15. The Bertz CT molecular complexity index is 411. The molecule has 1 atom stereocenters. The molecular weight excluding hydrogens is 212 g/mol. The van der Waals surface area contributed by atoms with E-state index in [1.807, 2.05) is 0 Å². The monoisotopic (exact) mass is 230 g/mol. The zero-order valence-electron chi connectivity index (χ0n) is 10.1. The predicted molar refractivity (Wildman–Crippen MR) is 67.7 cm³/mol. The Hall–Kier alpha value is -1.61. The quantitative estimate of drug-likeness (QED) is 0.775. The fraction of sp³-hybridized carbons (Fsp3) is 0.357. The number of nitrogens with zero attached hydrogens (tertiary/aromatic N) is 1. The molecule has 0 saturated carbocycles. The molecule has 17 heavy (non-hydrogen) atoms. The molecule has 0 spiro atoms. The fourth-order valence-corrected chi connectivity index (χ4v) is 1.81. The zero-order valence-corrected chi connectivity index (χ0v) is 10.1. The molecule has 1 aromatic heterocycles. The molecule has 3 heteroatoms. The van der Waals surface area contributed by atoms with E-state index in [2.05, 4.69) is 47.6 Å². The van der Waals surface area contributed by atoms with Crippen molar-refractivity contribution >= 4 is 0 Å². The molecule has 0 aliphatic heterocycles. The van der Waals surface area contributed by atoms with Crippen molar-refractivity contribution in [2.45, 2.75) is 25.8 Å². The van der Waals surface area contributed by atoms with Crippen LogP contribution in [0.2, 0.25) is 0 Å². The molecule has 0 aliphatic carbocycles. The van der Waals surface area contributed by atoms with Gasteiger partial charge in [-0.25, -0.2) is 4.98 Å². The molecule has 1 aromatic carbocycles. The van der Waals surface area contributed by atoms with Crippen LogP contribution in [0.1, 0.15) is 30.6 Å². The fourth-order valence-electron chi connectivity index (χ4n) is 1.81. The molecule has 0 bridgehead atoms. The summed E-state index contributed by atoms with van der Waals surface area (Å²) in [6.07, 6.45) is 4.33. The van der Waals surface area contributed by atoms with E-state index in [1.54, 1.807) is 6.20 Å². The Labute approximate surface area is 102 Å². The third-order valence-electron chi connectivity index (χ3n) is 2.91. The van der Waals surface area contributed by atoms with Crippen molar-refractivity contribution in [2.75, 3.05) is 6.54 Å². The lowest BCUT2D eigenvalue weighted by Crippen LogP contribution is -2.16. The Balaban J connectivity index is 1.68. The average Bonchev–Trinajstić information content (AvgIpc) is 2.88. The van der Waals surface area contributed by atoms with Gasteiger partial charge in [-0.15, -0.1) is 0 Å². The number of aromatic nitrogens is 1. The highest BCUT2D eigenvalue weighted by molar-refractivity contribution is 5.18. The highest BCUT2D eigenvalue weighted by atomic mass is 16.3. The van der Waals surface area contributed by atoms with Gasteiger partial charge in [0.05, 0.1) is 12.7 Å². The lowest BCUT2D eigenvalue weighted by molar-refractivity contribution is 0.473. The second-order valence-corrected chi connectivity index (χ2v) is 4.24. The van der Waals surface area contributed by atoms with Gasteiger partial charge < -0.3 is 9.73 Å². The van der Waals surface area contributed by atoms with Crippen LogP contribution in [0.15, 0.2) is 47.3 Å². The Morgan fingerprint density at radius 1 is 1.29 bits per heavy atom. The maximum absolute atomic E-state index is 5.15. The zero-order chi connectivity index (χ0) is 11.9. The topological polar surface area (TPSA) is 38.1 Å². The summed E-state index contributed by atoms with van der Waals surface area (Å²) >= 11 is 0. The van der Waals surface area contributed by atoms with E-state index in [0.717, 1.165) is 25.3 Å². The smallest absolute Gasteiger partial charge is 0.180 e. The standard InChI is InChI=1S/C14H18N2O/c1-12(13-5-3-2-4-6-13)7-8-15-9-14-10-16-11-17-14/h2-6,10-12,15H,7-9H2,1H3. The first kappa shape index (κ1) is 11.9. The van der Waals surface area contributed by atoms with Crippen LogP contribution in [0.4, 0.5) is 0 Å². The number of benzene rings is 1. The van der Waals surface area contributed by atoms with Gasteiger partial charge in [0.1, 0.15) is 5.76 Å². The summed E-state index contributed by atoms with van der Waals surface area (Å²) in [6.45, 7) is 3.99. The minimum absolute atomic E-state index is 0.582. The van der Waals surface area contributed by atoms with Crippen molar-refractivity contribution in [3.8, 4) is 0 Å². The molecule has 0 amide bonds. The number of oxazole rings is 1. The van der Waals surface area contributed by atoms with E-state index in [-0.39, 0.29) is 0 Å². The van der Waals surface area contributed by atoms with Gasteiger partial charge in [-0.1, -0.05) is 37.3 Å². The molecular formula is C14H18N2O. The Morgan fingerprint density at radius 3 is 2.82 bits per heavy atom. The molecule has 0 aliphatic rings. The first-order chi connectivity index (χ1) is 8.36. The lowest BCUT2D eigenvalue weighted by atomic mass is 9.98. The number of hydrogen-bond acceptors (Lipinski definition) is 3. The van der Waals surface area contributed by atoms with Crippen LogP contribution in [0.3, 0.4) is 0 Å². The van der Waals surface area contributed by atoms with Crippen molar-refractivity contribution in [3.05, 3.63) is 54.2 Å². The molecule has 1 unspecified atom stereocenters. The largest absolute Gasteiger partial charge is 0.447 e. The highest BCUT2D eigenvalue weighted by Gasteiger charge is 2.04. The van der Waals surface area contributed by atoms with E-state index >= 15 is 0 Å². The van der Waals surface area contributed by atoms with Gasteiger partial charge in [0, 0.05) is 0 Å². The van der Waals surface area contributed by atoms with Crippen molar-refractivity contribution in [1.29, 1.82) is 0 Å². The first-order valence-corrected chi connectivity index (χ1v) is 5.99. The normalized spacial score (nSPS) is 12.5. The summed E-state index contributed by atoms with van der Waals surface area (Å²) in [5.41, 5.74) is 1.40. The molecule has 1 N–H and O–H groups in total. The second-order valence-electron chi connectivity index (χ2n) is 4.24. The second kappa shape index (κ2) is 6.21. The first-order valence-electron chi connectivity index (χ1n) is 5.99. The van der Waals surface area contributed by atoms with E-state index in [0.29, 0.717) is 5.92 Å². The van der Waals surface area contributed by atoms with Crippen LogP contribution in [0, 0.1) is 0 Å². The lowest BCUT2D eigenvalue weighted by Gasteiger charge is -2.11. The van der Waals surface area contributed by atoms with E-state index in [4.69, 9.17) is 4.42 Å². The van der Waals surface area contributed by atoms with Crippen LogP contribution in [0.25, 0.3) is 0 Å². The minimum atomic E-state index is 0.582. The Morgan fingerprint density at radius 2 is 2.12 bits per heavy atom. The van der Waals surface area contributed by atoms with Gasteiger partial charge in [0.15, 0.2) is 6.39 Å². The number of nitrogens with one attached hydrogen (secondary N) is 1. The Kier molecular flexibility index (Phi) is 4.33. The molecule has 2 rings (SSSR count). The van der Waals surface area contributed by atoms with Crippen LogP contribution in [-0.4, -0.2) is 11.5 Å². The van der Waals surface area contributed by atoms with E-state index < -0.39 is 0 Å². The summed E-state index contributed by atoms with van der Waals surface area (Å²) in [4.78, 5) is 3.88. The third-order valence-corrected chi connectivity index (χ3v) is 2.91. The SMILES string of the molecule is CC(CCNCc1cnco1)c1ccccc1. The van der Waals surface area contributed by atoms with Crippen LogP contribution < -0.4 is 5.32 Å². The molecule has 0 fully saturated rings. The molecule has 0 radical (unpaired) electrons. The summed E-state index contributed by atoms with van der Waals surface area (Å²) in [7, 11) is 0. The van der Waals surface area contributed by atoms with Crippen molar-refractivity contribution < 1.29 is 4.42 Å². The van der Waals surface area contributed by atoms with Gasteiger partial charge in [0.2, 0.25) is 0 Å². The van der Waals surface area contributed by atoms with Gasteiger partial charge in [-0.3, -0.25) is 0 Å². The van der Waals surface area contributed by atoms with Crippen molar-refractivity contribution in [1.82, 2.24) is 10.3 Å². The number of hydrogen-bond donors (Lipinski definition) is 1. The van der Waals surface area contributed by atoms with Gasteiger partial charge in [-0.05, 0) is 24.4 Å². The maximum atomic E-state index is 5.15. The van der Waals surface area contributed by atoms with Crippen LogP contribution in [0.5, 0.6) is 0 Å². The van der Waals surface area contributed by atoms with Crippen LogP contribution in [-0.2, 0) is 6.54 Å². The summed E-state index contributed by atoms with van der Waals surface area (Å²) in [6, 6.07) is 10.6. The van der Waals surface area contributed by atoms with E-state index in [9.17, 15) is 0 Å². The molecule has 1 heterocycles. The van der Waals surface area contributed by atoms with Gasteiger partial charge in [0.25, 0.3) is 0 Å². The van der Waals surface area contributed by atoms with Crippen LogP contribution >= 0.6 is 0 Å². The van der Waals surface area contributed by atoms with Crippen molar-refractivity contribution in [3.63, 3.8) is 0 Å². The van der Waals surface area contributed by atoms with Gasteiger partial charge >= 0.3 is 0 Å². The third kappa shape index (κ3) is 3.71. The predicted octanol–water partition coefficient (Wildman–Crippen LogP) is 2.96. The van der Waals surface area contributed by atoms with E-state index in [1.165, 1.54) is 12.0 Å². The number of rotatable bonds is 6. The molecule has 0 saturated heterocycles. The highest BCUT2D eigenvalue weighted by Crippen LogP contribution is 2.17. The molecule has 90 valence electrons. The van der Waals surface area contributed by atoms with Gasteiger partial charge in [-0.2, -0.15) is 0 Å².